The lowest BCUT2D eigenvalue weighted by Gasteiger charge is -1.97. The molecule has 1 aliphatic rings. The van der Waals surface area contributed by atoms with Crippen LogP contribution in [0.25, 0.3) is 0 Å². The van der Waals surface area contributed by atoms with Gasteiger partial charge in [0, 0.05) is 17.1 Å². The van der Waals surface area contributed by atoms with Crippen molar-refractivity contribution in [1.82, 2.24) is 5.32 Å². The van der Waals surface area contributed by atoms with E-state index in [1.54, 1.807) is 0 Å². The van der Waals surface area contributed by atoms with Crippen LogP contribution in [0.4, 0.5) is 0 Å². The van der Waals surface area contributed by atoms with Crippen LogP contribution in [0.3, 0.4) is 0 Å². The Labute approximate surface area is 68.6 Å². The predicted molar refractivity (Wildman–Crippen MR) is 44.9 cm³/mol. The molecule has 0 spiro atoms. The highest BCUT2D eigenvalue weighted by atomic mass is 79.9. The van der Waals surface area contributed by atoms with E-state index in [2.05, 4.69) is 39.4 Å². The molecule has 2 heteroatoms. The molecule has 1 aromatic carbocycles. The van der Waals surface area contributed by atoms with Crippen LogP contribution in [0.15, 0.2) is 28.7 Å². The van der Waals surface area contributed by atoms with Crippen molar-refractivity contribution in [2.75, 3.05) is 6.54 Å². The summed E-state index contributed by atoms with van der Waals surface area (Å²) in [5.41, 5.74) is 1.38. The van der Waals surface area contributed by atoms with Crippen molar-refractivity contribution in [3.63, 3.8) is 0 Å². The minimum atomic E-state index is 0.607. The zero-order chi connectivity index (χ0) is 6.97. The first kappa shape index (κ1) is 6.38. The van der Waals surface area contributed by atoms with E-state index in [-0.39, 0.29) is 0 Å². The predicted octanol–water partition coefficient (Wildman–Crippen LogP) is 2.09. The Bertz CT molecular complexity index is 243. The lowest BCUT2D eigenvalue weighted by Crippen LogP contribution is -1.84. The molecule has 1 heterocycles. The Morgan fingerprint density at radius 3 is 2.70 bits per heavy atom. The van der Waals surface area contributed by atoms with E-state index < -0.39 is 0 Å². The van der Waals surface area contributed by atoms with Crippen molar-refractivity contribution in [2.45, 2.75) is 6.04 Å². The molecule has 0 bridgehead atoms. The molecule has 1 unspecified atom stereocenters. The average Bonchev–Trinajstić information content (AvgIpc) is 2.71. The maximum atomic E-state index is 3.50. The van der Waals surface area contributed by atoms with E-state index in [0.29, 0.717) is 6.04 Å². The van der Waals surface area contributed by atoms with Gasteiger partial charge in [-0.2, -0.15) is 0 Å². The molecule has 1 saturated heterocycles. The first-order chi connectivity index (χ1) is 4.88. The van der Waals surface area contributed by atoms with E-state index in [1.807, 2.05) is 6.07 Å². The van der Waals surface area contributed by atoms with Crippen molar-refractivity contribution < 1.29 is 0 Å². The van der Waals surface area contributed by atoms with Crippen molar-refractivity contribution in [3.05, 3.63) is 34.3 Å². The van der Waals surface area contributed by atoms with Crippen molar-refractivity contribution in [2.24, 2.45) is 0 Å². The van der Waals surface area contributed by atoms with Gasteiger partial charge in [-0.05, 0) is 11.6 Å². The van der Waals surface area contributed by atoms with Crippen LogP contribution in [-0.4, -0.2) is 6.54 Å². The van der Waals surface area contributed by atoms with Crippen LogP contribution in [0.1, 0.15) is 11.6 Å². The lowest BCUT2D eigenvalue weighted by molar-refractivity contribution is 1.07. The number of rotatable bonds is 1. The van der Waals surface area contributed by atoms with Gasteiger partial charge in [0.15, 0.2) is 0 Å². The molecule has 52 valence electrons. The molecule has 0 radical (unpaired) electrons. The molecule has 1 atom stereocenters. The monoisotopic (exact) mass is 197 g/mol. The molecular weight excluding hydrogens is 190 g/mol. The maximum absolute atomic E-state index is 3.50. The zero-order valence-electron chi connectivity index (χ0n) is 5.47. The molecule has 1 fully saturated rings. The molecule has 1 aliphatic heterocycles. The quantitative estimate of drug-likeness (QED) is 0.685. The Morgan fingerprint density at radius 1 is 1.40 bits per heavy atom. The third kappa shape index (κ3) is 1.09. The van der Waals surface area contributed by atoms with Crippen molar-refractivity contribution in [3.8, 4) is 0 Å². The second-order valence-corrected chi connectivity index (χ2v) is 3.34. The van der Waals surface area contributed by atoms with Gasteiger partial charge in [0.2, 0.25) is 0 Å². The Morgan fingerprint density at radius 2 is 2.10 bits per heavy atom. The minimum Gasteiger partial charge on any atom is -0.307 e. The number of halogens is 1. The number of benzene rings is 1. The van der Waals surface area contributed by atoms with Crippen LogP contribution in [0, 0.1) is 0 Å². The van der Waals surface area contributed by atoms with Gasteiger partial charge in [-0.15, -0.1) is 0 Å². The largest absolute Gasteiger partial charge is 0.307 e. The Kier molecular flexibility index (Phi) is 1.51. The van der Waals surface area contributed by atoms with Gasteiger partial charge >= 0.3 is 0 Å². The minimum absolute atomic E-state index is 0.607. The SMILES string of the molecule is Brc1ccccc1C1CN1. The third-order valence-electron chi connectivity index (χ3n) is 1.69. The fraction of sp³-hybridized carbons (Fsp3) is 0.250. The summed E-state index contributed by atoms with van der Waals surface area (Å²) in [7, 11) is 0. The lowest BCUT2D eigenvalue weighted by atomic mass is 10.2. The van der Waals surface area contributed by atoms with E-state index in [9.17, 15) is 0 Å². The van der Waals surface area contributed by atoms with Crippen LogP contribution in [-0.2, 0) is 0 Å². The van der Waals surface area contributed by atoms with Crippen molar-refractivity contribution in [1.29, 1.82) is 0 Å². The molecule has 1 nitrogen and oxygen atoms in total. The van der Waals surface area contributed by atoms with Crippen molar-refractivity contribution >= 4 is 15.9 Å². The standard InChI is InChI=1S/C8H8BrN/c9-7-4-2-1-3-6(7)8-5-10-8/h1-4,8,10H,5H2. The highest BCUT2D eigenvalue weighted by molar-refractivity contribution is 9.10. The summed E-state index contributed by atoms with van der Waals surface area (Å²) in [5.74, 6) is 0. The van der Waals surface area contributed by atoms with Gasteiger partial charge in [-0.25, -0.2) is 0 Å². The molecule has 10 heavy (non-hydrogen) atoms. The van der Waals surface area contributed by atoms with E-state index in [0.717, 1.165) is 6.54 Å². The molecular formula is C8H8BrN. The van der Waals surface area contributed by atoms with Gasteiger partial charge in [-0.1, -0.05) is 34.1 Å². The van der Waals surface area contributed by atoms with E-state index in [1.165, 1.54) is 10.0 Å². The number of nitrogens with one attached hydrogen (secondary N) is 1. The molecule has 0 aliphatic carbocycles. The summed E-state index contributed by atoms with van der Waals surface area (Å²) in [6.45, 7) is 1.13. The van der Waals surface area contributed by atoms with Crippen LogP contribution in [0.2, 0.25) is 0 Å². The van der Waals surface area contributed by atoms with Gasteiger partial charge < -0.3 is 5.32 Å². The maximum Gasteiger partial charge on any atom is 0.0458 e. The number of hydrogen-bond acceptors (Lipinski definition) is 1. The first-order valence-electron chi connectivity index (χ1n) is 3.36. The van der Waals surface area contributed by atoms with Gasteiger partial charge in [0.1, 0.15) is 0 Å². The van der Waals surface area contributed by atoms with Gasteiger partial charge in [0.25, 0.3) is 0 Å². The molecule has 2 rings (SSSR count). The highest BCUT2D eigenvalue weighted by Crippen LogP contribution is 2.28. The first-order valence-corrected chi connectivity index (χ1v) is 4.15. The molecule has 0 aromatic heterocycles. The summed E-state index contributed by atoms with van der Waals surface area (Å²) in [5, 5.41) is 3.26. The summed E-state index contributed by atoms with van der Waals surface area (Å²) in [4.78, 5) is 0. The molecule has 0 saturated carbocycles. The second-order valence-electron chi connectivity index (χ2n) is 2.48. The molecule has 0 amide bonds. The van der Waals surface area contributed by atoms with Crippen LogP contribution < -0.4 is 5.32 Å². The second kappa shape index (κ2) is 2.36. The highest BCUT2D eigenvalue weighted by Gasteiger charge is 2.23. The fourth-order valence-corrected chi connectivity index (χ4v) is 1.60. The summed E-state index contributed by atoms with van der Waals surface area (Å²) in [6.07, 6.45) is 0. The average molecular weight is 198 g/mol. The fourth-order valence-electron chi connectivity index (χ4n) is 1.04. The molecule has 1 aromatic rings. The van der Waals surface area contributed by atoms with Crippen LogP contribution in [0.5, 0.6) is 0 Å². The normalized spacial score (nSPS) is 22.7. The topological polar surface area (TPSA) is 21.9 Å². The Hall–Kier alpha value is -0.340. The van der Waals surface area contributed by atoms with Crippen LogP contribution >= 0.6 is 15.9 Å². The smallest absolute Gasteiger partial charge is 0.0458 e. The summed E-state index contributed by atoms with van der Waals surface area (Å²) in [6, 6.07) is 8.94. The van der Waals surface area contributed by atoms with Gasteiger partial charge in [0.05, 0.1) is 0 Å². The third-order valence-corrected chi connectivity index (χ3v) is 2.41. The summed E-state index contributed by atoms with van der Waals surface area (Å²) < 4.78 is 1.21. The van der Waals surface area contributed by atoms with E-state index >= 15 is 0 Å². The van der Waals surface area contributed by atoms with E-state index in [4.69, 9.17) is 0 Å². The summed E-state index contributed by atoms with van der Waals surface area (Å²) >= 11 is 3.50. The molecule has 1 N–H and O–H groups in total. The Balaban J connectivity index is 2.39. The van der Waals surface area contributed by atoms with Gasteiger partial charge in [-0.3, -0.25) is 0 Å². The number of hydrogen-bond donors (Lipinski definition) is 1. The zero-order valence-corrected chi connectivity index (χ0v) is 7.06.